The minimum atomic E-state index is -0.0125. The first-order valence-corrected chi connectivity index (χ1v) is 6.36. The molecule has 11 heavy (non-hydrogen) atoms. The second-order valence-electron chi connectivity index (χ2n) is 2.76. The number of ether oxygens (including phenoxy) is 1. The molecule has 0 rings (SSSR count). The lowest BCUT2D eigenvalue weighted by molar-refractivity contribution is 0.234. The summed E-state index contributed by atoms with van der Waals surface area (Å²) in [6, 6.07) is 1.31. The van der Waals surface area contributed by atoms with Crippen molar-refractivity contribution in [3.8, 4) is 0 Å². The number of hydrogen-bond donors (Lipinski definition) is 0. The van der Waals surface area contributed by atoms with Crippen molar-refractivity contribution in [3.05, 3.63) is 11.8 Å². The largest absolute Gasteiger partial charge is 0.381 e. The molecule has 0 aromatic heterocycles. The molecule has 0 aromatic carbocycles. The topological polar surface area (TPSA) is 9.23 Å². The van der Waals surface area contributed by atoms with E-state index in [9.17, 15) is 0 Å². The molecule has 0 amide bonds. The van der Waals surface area contributed by atoms with Gasteiger partial charge < -0.3 is 4.74 Å². The Labute approximate surface area is 76.6 Å². The van der Waals surface area contributed by atoms with Gasteiger partial charge in [0.15, 0.2) is 0 Å². The lowest BCUT2D eigenvalue weighted by Crippen LogP contribution is -1.99. The van der Waals surface area contributed by atoms with Gasteiger partial charge in [0, 0.05) is 22.5 Å². The Balaban J connectivity index is 3.12. The Morgan fingerprint density at radius 2 is 2.36 bits per heavy atom. The van der Waals surface area contributed by atoms with Gasteiger partial charge >= 0.3 is 0 Å². The SMILES string of the molecule is COCC=C[SiH2]CC(C)CCl. The minimum Gasteiger partial charge on any atom is -0.381 e. The molecule has 0 radical (unpaired) electrons. The van der Waals surface area contributed by atoms with Crippen LogP contribution in [-0.4, -0.2) is 29.1 Å². The summed E-state index contributed by atoms with van der Waals surface area (Å²) in [7, 11) is 1.70. The van der Waals surface area contributed by atoms with Crippen molar-refractivity contribution in [2.24, 2.45) is 5.92 Å². The molecule has 0 saturated heterocycles. The number of hydrogen-bond acceptors (Lipinski definition) is 1. The van der Waals surface area contributed by atoms with Crippen LogP contribution >= 0.6 is 11.6 Å². The van der Waals surface area contributed by atoms with Crippen LogP contribution < -0.4 is 0 Å². The molecule has 0 fully saturated rings. The van der Waals surface area contributed by atoms with E-state index in [0.29, 0.717) is 5.92 Å². The third kappa shape index (κ3) is 8.11. The highest BCUT2D eigenvalue weighted by atomic mass is 35.5. The van der Waals surface area contributed by atoms with E-state index < -0.39 is 0 Å². The van der Waals surface area contributed by atoms with Crippen LogP contribution in [0.2, 0.25) is 6.04 Å². The van der Waals surface area contributed by atoms with Crippen LogP contribution in [0.15, 0.2) is 11.8 Å². The maximum Gasteiger partial charge on any atom is 0.0639 e. The number of rotatable bonds is 6. The van der Waals surface area contributed by atoms with Crippen LogP contribution in [0.4, 0.5) is 0 Å². The van der Waals surface area contributed by atoms with Gasteiger partial charge in [0.05, 0.1) is 6.61 Å². The Morgan fingerprint density at radius 3 is 2.91 bits per heavy atom. The number of alkyl halides is 1. The Hall–Kier alpha value is 0.207. The Bertz CT molecular complexity index is 106. The predicted octanol–water partition coefficient (Wildman–Crippen LogP) is 1.61. The van der Waals surface area contributed by atoms with Crippen molar-refractivity contribution < 1.29 is 4.74 Å². The lowest BCUT2D eigenvalue weighted by atomic mass is 10.3. The van der Waals surface area contributed by atoms with Crippen LogP contribution in [0, 0.1) is 5.92 Å². The predicted molar refractivity (Wildman–Crippen MR) is 54.3 cm³/mol. The van der Waals surface area contributed by atoms with Gasteiger partial charge in [-0.1, -0.05) is 19.0 Å². The third-order valence-corrected chi connectivity index (χ3v) is 4.03. The molecule has 0 heterocycles. The molecule has 0 N–H and O–H groups in total. The zero-order chi connectivity index (χ0) is 8.53. The maximum atomic E-state index is 5.67. The summed E-state index contributed by atoms with van der Waals surface area (Å²) in [4.78, 5) is 0. The zero-order valence-electron chi connectivity index (χ0n) is 7.35. The summed E-state index contributed by atoms with van der Waals surface area (Å²) >= 11 is 5.67. The van der Waals surface area contributed by atoms with Gasteiger partial charge in [0.25, 0.3) is 0 Å². The molecule has 0 aromatic rings. The fourth-order valence-corrected chi connectivity index (χ4v) is 2.49. The van der Waals surface area contributed by atoms with Gasteiger partial charge in [-0.2, -0.15) is 0 Å². The van der Waals surface area contributed by atoms with Crippen molar-refractivity contribution in [1.29, 1.82) is 0 Å². The van der Waals surface area contributed by atoms with Gasteiger partial charge in [-0.3, -0.25) is 0 Å². The van der Waals surface area contributed by atoms with E-state index in [4.69, 9.17) is 16.3 Å². The molecule has 1 unspecified atom stereocenters. The van der Waals surface area contributed by atoms with Crippen molar-refractivity contribution in [3.63, 3.8) is 0 Å². The standard InChI is InChI=1S/C8H17ClOSi/c1-8(6-9)7-11-5-3-4-10-2/h3,5,8H,4,6-7,11H2,1-2H3. The molecule has 3 heteroatoms. The first kappa shape index (κ1) is 11.2. The van der Waals surface area contributed by atoms with E-state index in [1.165, 1.54) is 6.04 Å². The molecular formula is C8H17ClOSi. The van der Waals surface area contributed by atoms with Crippen molar-refractivity contribution in [2.75, 3.05) is 19.6 Å². The summed E-state index contributed by atoms with van der Waals surface area (Å²) in [6.45, 7) is 2.95. The van der Waals surface area contributed by atoms with Crippen LogP contribution in [0.1, 0.15) is 6.92 Å². The zero-order valence-corrected chi connectivity index (χ0v) is 9.52. The van der Waals surface area contributed by atoms with E-state index in [0.717, 1.165) is 12.5 Å². The average molecular weight is 193 g/mol. The highest BCUT2D eigenvalue weighted by Crippen LogP contribution is 2.03. The second-order valence-corrected chi connectivity index (χ2v) is 4.70. The second kappa shape index (κ2) is 8.30. The summed E-state index contributed by atoms with van der Waals surface area (Å²) in [5.74, 6) is 1.49. The average Bonchev–Trinajstić information content (AvgIpc) is 2.04. The molecular weight excluding hydrogens is 176 g/mol. The van der Waals surface area contributed by atoms with Crippen molar-refractivity contribution in [2.45, 2.75) is 13.0 Å². The maximum absolute atomic E-state index is 5.67. The van der Waals surface area contributed by atoms with Gasteiger partial charge in [0.1, 0.15) is 0 Å². The third-order valence-electron chi connectivity index (χ3n) is 1.52. The minimum absolute atomic E-state index is 0.0125. The summed E-state index contributed by atoms with van der Waals surface area (Å²) < 4.78 is 4.88. The molecule has 0 spiro atoms. The van der Waals surface area contributed by atoms with Crippen molar-refractivity contribution in [1.82, 2.24) is 0 Å². The molecule has 0 aliphatic carbocycles. The smallest absolute Gasteiger partial charge is 0.0639 e. The van der Waals surface area contributed by atoms with E-state index >= 15 is 0 Å². The fraction of sp³-hybridized carbons (Fsp3) is 0.750. The lowest BCUT2D eigenvalue weighted by Gasteiger charge is -2.01. The first-order chi connectivity index (χ1) is 5.31. The van der Waals surface area contributed by atoms with E-state index in [2.05, 4.69) is 18.7 Å². The molecule has 1 nitrogen and oxygen atoms in total. The quantitative estimate of drug-likeness (QED) is 0.459. The van der Waals surface area contributed by atoms with E-state index in [-0.39, 0.29) is 9.52 Å². The molecule has 0 aliphatic heterocycles. The van der Waals surface area contributed by atoms with Crippen LogP contribution in [0.5, 0.6) is 0 Å². The normalized spacial score (nSPS) is 15.2. The molecule has 0 bridgehead atoms. The Morgan fingerprint density at radius 1 is 1.64 bits per heavy atom. The van der Waals surface area contributed by atoms with Crippen LogP contribution in [-0.2, 0) is 4.74 Å². The number of halogens is 1. The monoisotopic (exact) mass is 192 g/mol. The van der Waals surface area contributed by atoms with E-state index in [1.807, 2.05) is 0 Å². The van der Waals surface area contributed by atoms with Gasteiger partial charge in [0.2, 0.25) is 0 Å². The highest BCUT2D eigenvalue weighted by Gasteiger charge is 1.96. The van der Waals surface area contributed by atoms with Crippen molar-refractivity contribution >= 4 is 21.1 Å². The molecule has 0 aliphatic rings. The van der Waals surface area contributed by atoms with E-state index in [1.54, 1.807) is 7.11 Å². The summed E-state index contributed by atoms with van der Waals surface area (Å²) in [5.41, 5.74) is 2.28. The van der Waals surface area contributed by atoms with Crippen LogP contribution in [0.25, 0.3) is 0 Å². The Kier molecular flexibility index (Phi) is 8.46. The molecule has 1 atom stereocenters. The number of methoxy groups -OCH3 is 1. The van der Waals surface area contributed by atoms with Gasteiger partial charge in [-0.25, -0.2) is 0 Å². The summed E-state index contributed by atoms with van der Waals surface area (Å²) in [6.07, 6.45) is 2.10. The molecule has 66 valence electrons. The highest BCUT2D eigenvalue weighted by molar-refractivity contribution is 6.42. The summed E-state index contributed by atoms with van der Waals surface area (Å²) in [5, 5.41) is 0. The molecule has 0 saturated carbocycles. The van der Waals surface area contributed by atoms with Crippen LogP contribution in [0.3, 0.4) is 0 Å². The first-order valence-electron chi connectivity index (χ1n) is 4.01. The fourth-order valence-electron chi connectivity index (χ4n) is 0.740. The van der Waals surface area contributed by atoms with Gasteiger partial charge in [-0.15, -0.1) is 17.3 Å². The van der Waals surface area contributed by atoms with Gasteiger partial charge in [-0.05, 0) is 5.92 Å².